The smallest absolute Gasteiger partial charge is 0.347 e. The van der Waals surface area contributed by atoms with Gasteiger partial charge < -0.3 is 26.8 Å². The maximum atomic E-state index is 13.1. The number of anilines is 2. The van der Waals surface area contributed by atoms with Gasteiger partial charge in [-0.1, -0.05) is 18.2 Å². The maximum absolute atomic E-state index is 13.1. The molecule has 28 heavy (non-hydrogen) atoms. The maximum Gasteiger partial charge on any atom is 0.347 e. The molecule has 0 spiro atoms. The van der Waals surface area contributed by atoms with Gasteiger partial charge in [0.2, 0.25) is 0 Å². The third-order valence-electron chi connectivity index (χ3n) is 3.59. The summed E-state index contributed by atoms with van der Waals surface area (Å²) in [5.74, 6) is -6.03. The van der Waals surface area contributed by atoms with E-state index in [1.807, 2.05) is 5.32 Å². The summed E-state index contributed by atoms with van der Waals surface area (Å²) in [6.45, 7) is -1.39. The number of urea groups is 1. The SMILES string of the molecule is NC(=O)NCc1ccc(C(=O)Nc2cccc(NC(=O)C(F)(F)CO)c2)cc1. The molecular weight excluding hydrogens is 374 g/mol. The van der Waals surface area contributed by atoms with Crippen LogP contribution >= 0.6 is 0 Å². The van der Waals surface area contributed by atoms with E-state index in [9.17, 15) is 23.2 Å². The topological polar surface area (TPSA) is 134 Å². The van der Waals surface area contributed by atoms with E-state index in [0.29, 0.717) is 5.56 Å². The van der Waals surface area contributed by atoms with E-state index in [0.717, 1.165) is 5.56 Å². The lowest BCUT2D eigenvalue weighted by atomic mass is 10.1. The van der Waals surface area contributed by atoms with Crippen LogP contribution < -0.4 is 21.7 Å². The van der Waals surface area contributed by atoms with Crippen LogP contribution in [0, 0.1) is 0 Å². The molecule has 0 aliphatic rings. The van der Waals surface area contributed by atoms with Gasteiger partial charge in [0.15, 0.2) is 0 Å². The van der Waals surface area contributed by atoms with Crippen molar-refractivity contribution in [3.05, 3.63) is 59.7 Å². The van der Waals surface area contributed by atoms with Gasteiger partial charge in [0.1, 0.15) is 6.61 Å². The molecule has 0 atom stereocenters. The minimum absolute atomic E-state index is 0.0313. The van der Waals surface area contributed by atoms with E-state index in [4.69, 9.17) is 10.8 Å². The van der Waals surface area contributed by atoms with Gasteiger partial charge in [-0.25, -0.2) is 4.79 Å². The van der Waals surface area contributed by atoms with Crippen LogP contribution in [-0.4, -0.2) is 35.5 Å². The second kappa shape index (κ2) is 8.91. The summed E-state index contributed by atoms with van der Waals surface area (Å²) in [6.07, 6.45) is 0. The highest BCUT2D eigenvalue weighted by molar-refractivity contribution is 6.05. The highest BCUT2D eigenvalue weighted by atomic mass is 19.3. The summed E-state index contributed by atoms with van der Waals surface area (Å²) in [6, 6.07) is 11.3. The predicted molar refractivity (Wildman–Crippen MR) is 97.9 cm³/mol. The monoisotopic (exact) mass is 392 g/mol. The van der Waals surface area contributed by atoms with Gasteiger partial charge in [-0.15, -0.1) is 0 Å². The molecule has 0 heterocycles. The van der Waals surface area contributed by atoms with Gasteiger partial charge in [0.05, 0.1) is 0 Å². The normalized spacial score (nSPS) is 10.8. The van der Waals surface area contributed by atoms with Crippen LogP contribution in [0.3, 0.4) is 0 Å². The van der Waals surface area contributed by atoms with Crippen molar-refractivity contribution in [3.63, 3.8) is 0 Å². The minimum atomic E-state index is -3.91. The Bertz CT molecular complexity index is 872. The minimum Gasteiger partial charge on any atom is -0.390 e. The highest BCUT2D eigenvalue weighted by Crippen LogP contribution is 2.20. The lowest BCUT2D eigenvalue weighted by Gasteiger charge is -2.14. The Morgan fingerprint density at radius 3 is 2.18 bits per heavy atom. The number of halogens is 2. The Morgan fingerprint density at radius 2 is 1.61 bits per heavy atom. The number of carbonyl (C=O) groups is 3. The van der Waals surface area contributed by atoms with Crippen LogP contribution in [0.1, 0.15) is 15.9 Å². The van der Waals surface area contributed by atoms with Crippen molar-refractivity contribution in [1.29, 1.82) is 0 Å². The van der Waals surface area contributed by atoms with Crippen molar-refractivity contribution in [1.82, 2.24) is 5.32 Å². The summed E-state index contributed by atoms with van der Waals surface area (Å²) < 4.78 is 26.3. The molecule has 0 unspecified atom stereocenters. The number of nitrogens with two attached hydrogens (primary N) is 1. The third kappa shape index (κ3) is 5.74. The molecule has 10 heteroatoms. The first-order valence-corrected chi connectivity index (χ1v) is 8.05. The van der Waals surface area contributed by atoms with Crippen molar-refractivity contribution in [2.75, 3.05) is 17.2 Å². The fourth-order valence-corrected chi connectivity index (χ4v) is 2.14. The quantitative estimate of drug-likeness (QED) is 0.490. The van der Waals surface area contributed by atoms with Crippen LogP contribution in [0.25, 0.3) is 0 Å². The molecule has 0 aliphatic heterocycles. The Morgan fingerprint density at radius 1 is 1.00 bits per heavy atom. The summed E-state index contributed by atoms with van der Waals surface area (Å²) in [4.78, 5) is 34.4. The van der Waals surface area contributed by atoms with E-state index in [2.05, 4.69) is 10.6 Å². The number of hydrogen-bond acceptors (Lipinski definition) is 4. The number of alkyl halides is 2. The molecule has 2 rings (SSSR count). The lowest BCUT2D eigenvalue weighted by Crippen LogP contribution is -2.37. The van der Waals surface area contributed by atoms with Gasteiger partial charge in [-0.3, -0.25) is 9.59 Å². The van der Waals surface area contributed by atoms with Crippen LogP contribution in [0.5, 0.6) is 0 Å². The third-order valence-corrected chi connectivity index (χ3v) is 3.59. The van der Waals surface area contributed by atoms with Crippen molar-refractivity contribution in [2.45, 2.75) is 12.5 Å². The summed E-state index contributed by atoms with van der Waals surface area (Å²) >= 11 is 0. The zero-order chi connectivity index (χ0) is 20.7. The number of amides is 4. The van der Waals surface area contributed by atoms with E-state index in [1.165, 1.54) is 24.3 Å². The fourth-order valence-electron chi connectivity index (χ4n) is 2.14. The molecular formula is C18H18F2N4O4. The number of primary amides is 1. The van der Waals surface area contributed by atoms with Crippen LogP contribution in [-0.2, 0) is 11.3 Å². The Balaban J connectivity index is 2.02. The molecule has 6 N–H and O–H groups in total. The van der Waals surface area contributed by atoms with E-state index in [1.54, 1.807) is 24.3 Å². The number of hydrogen-bond donors (Lipinski definition) is 5. The van der Waals surface area contributed by atoms with Gasteiger partial charge in [0, 0.05) is 23.5 Å². The fraction of sp³-hybridized carbons (Fsp3) is 0.167. The number of aliphatic hydroxyl groups is 1. The molecule has 2 aromatic carbocycles. The van der Waals surface area contributed by atoms with E-state index in [-0.39, 0.29) is 17.9 Å². The second-order valence-electron chi connectivity index (χ2n) is 5.77. The first-order valence-electron chi connectivity index (χ1n) is 8.05. The first kappa shape index (κ1) is 20.8. The number of rotatable bonds is 7. The van der Waals surface area contributed by atoms with Crippen molar-refractivity contribution in [3.8, 4) is 0 Å². The number of nitrogens with one attached hydrogen (secondary N) is 3. The highest BCUT2D eigenvalue weighted by Gasteiger charge is 2.37. The average molecular weight is 392 g/mol. The molecule has 8 nitrogen and oxygen atoms in total. The Labute approximate surface area is 158 Å². The largest absolute Gasteiger partial charge is 0.390 e. The zero-order valence-electron chi connectivity index (χ0n) is 14.5. The number of carbonyl (C=O) groups excluding carboxylic acids is 3. The molecule has 4 amide bonds. The molecule has 0 fully saturated rings. The molecule has 0 saturated carbocycles. The Kier molecular flexibility index (Phi) is 6.61. The van der Waals surface area contributed by atoms with Crippen LogP contribution in [0.4, 0.5) is 25.0 Å². The summed E-state index contributed by atoms with van der Waals surface area (Å²) in [7, 11) is 0. The molecule has 0 bridgehead atoms. The molecule has 0 saturated heterocycles. The summed E-state index contributed by atoms with van der Waals surface area (Å²) in [5.41, 5.74) is 6.35. The number of benzene rings is 2. The van der Waals surface area contributed by atoms with Gasteiger partial charge in [0.25, 0.3) is 11.8 Å². The van der Waals surface area contributed by atoms with Gasteiger partial charge in [-0.2, -0.15) is 8.78 Å². The average Bonchev–Trinajstić information content (AvgIpc) is 2.67. The first-order chi connectivity index (χ1) is 13.2. The van der Waals surface area contributed by atoms with Crippen molar-refractivity contribution in [2.24, 2.45) is 5.73 Å². The molecule has 2 aromatic rings. The van der Waals surface area contributed by atoms with Crippen LogP contribution in [0.2, 0.25) is 0 Å². The summed E-state index contributed by atoms with van der Waals surface area (Å²) in [5, 5.41) is 15.5. The molecule has 0 radical (unpaired) electrons. The van der Waals surface area contributed by atoms with Crippen LogP contribution in [0.15, 0.2) is 48.5 Å². The van der Waals surface area contributed by atoms with Crippen molar-refractivity contribution < 1.29 is 28.3 Å². The van der Waals surface area contributed by atoms with Gasteiger partial charge in [-0.05, 0) is 35.9 Å². The zero-order valence-corrected chi connectivity index (χ0v) is 14.5. The van der Waals surface area contributed by atoms with E-state index >= 15 is 0 Å². The molecule has 148 valence electrons. The standard InChI is InChI=1S/C18H18F2N4O4/c19-18(20,10-25)16(27)24-14-3-1-2-13(8-14)23-15(26)12-6-4-11(5-7-12)9-22-17(21)28/h1-8,25H,9-10H2,(H,23,26)(H,24,27)(H3,21,22,28). The Hall–Kier alpha value is -3.53. The predicted octanol–water partition coefficient (Wildman–Crippen LogP) is 1.67. The van der Waals surface area contributed by atoms with Crippen molar-refractivity contribution >= 4 is 29.2 Å². The van der Waals surface area contributed by atoms with E-state index < -0.39 is 30.4 Å². The van der Waals surface area contributed by atoms with Gasteiger partial charge >= 0.3 is 12.0 Å². The lowest BCUT2D eigenvalue weighted by molar-refractivity contribution is -0.144. The second-order valence-corrected chi connectivity index (χ2v) is 5.77. The molecule has 0 aromatic heterocycles. The number of aliphatic hydroxyl groups excluding tert-OH is 1. The molecule has 0 aliphatic carbocycles.